The maximum absolute atomic E-state index is 12.2. The molecule has 4 heterocycles. The van der Waals surface area contributed by atoms with E-state index in [1.807, 2.05) is 55.1 Å². The Kier molecular flexibility index (Phi) is 6.20. The average molecular weight is 464 g/mol. The molecule has 5 rings (SSSR count). The molecule has 10 nitrogen and oxygen atoms in total. The molecule has 3 aromatic rings. The number of amides is 1. The SMILES string of the molecule is CC(C)OC(=O)N1CCC(N2CCOc3c(Nc4ccc(-n5cccn5)cc4)ncnc32)CC1. The van der Waals surface area contributed by atoms with E-state index in [-0.39, 0.29) is 18.2 Å². The molecule has 1 amide bonds. The van der Waals surface area contributed by atoms with Crippen LogP contribution >= 0.6 is 0 Å². The summed E-state index contributed by atoms with van der Waals surface area (Å²) in [5, 5.41) is 7.63. The van der Waals surface area contributed by atoms with Gasteiger partial charge in [0, 0.05) is 37.2 Å². The van der Waals surface area contributed by atoms with Crippen LogP contribution in [0.5, 0.6) is 5.75 Å². The number of anilines is 3. The first-order chi connectivity index (χ1) is 16.6. The van der Waals surface area contributed by atoms with Crippen molar-refractivity contribution in [1.82, 2.24) is 24.6 Å². The third-order valence-electron chi connectivity index (χ3n) is 6.03. The van der Waals surface area contributed by atoms with Crippen LogP contribution in [0, 0.1) is 0 Å². The summed E-state index contributed by atoms with van der Waals surface area (Å²) >= 11 is 0. The fraction of sp³-hybridized carbons (Fsp3) is 0.417. The maximum atomic E-state index is 12.2. The number of nitrogens with one attached hydrogen (secondary N) is 1. The number of hydrogen-bond donors (Lipinski definition) is 1. The molecule has 1 N–H and O–H groups in total. The van der Waals surface area contributed by atoms with Gasteiger partial charge < -0.3 is 24.6 Å². The van der Waals surface area contributed by atoms with Crippen molar-refractivity contribution < 1.29 is 14.3 Å². The Morgan fingerprint density at radius 2 is 1.94 bits per heavy atom. The highest BCUT2D eigenvalue weighted by Crippen LogP contribution is 2.38. The molecule has 0 saturated carbocycles. The summed E-state index contributed by atoms with van der Waals surface area (Å²) < 4.78 is 13.2. The van der Waals surface area contributed by atoms with E-state index in [0.29, 0.717) is 31.3 Å². The van der Waals surface area contributed by atoms with Crippen LogP contribution in [0.4, 0.5) is 22.1 Å². The van der Waals surface area contributed by atoms with Crippen LogP contribution in [0.3, 0.4) is 0 Å². The number of aromatic nitrogens is 4. The third kappa shape index (κ3) is 4.61. The van der Waals surface area contributed by atoms with Crippen LogP contribution in [0.15, 0.2) is 49.1 Å². The highest BCUT2D eigenvalue weighted by atomic mass is 16.6. The van der Waals surface area contributed by atoms with Gasteiger partial charge in [0.25, 0.3) is 0 Å². The number of hydrogen-bond acceptors (Lipinski definition) is 8. The number of carbonyl (C=O) groups excluding carboxylic acids is 1. The van der Waals surface area contributed by atoms with Crippen LogP contribution in [0.1, 0.15) is 26.7 Å². The Hall–Kier alpha value is -3.82. The number of rotatable bonds is 5. The highest BCUT2D eigenvalue weighted by Gasteiger charge is 2.33. The lowest BCUT2D eigenvalue weighted by atomic mass is 10.0. The van der Waals surface area contributed by atoms with Crippen molar-refractivity contribution >= 4 is 23.4 Å². The normalized spacial score (nSPS) is 16.2. The van der Waals surface area contributed by atoms with Crippen molar-refractivity contribution in [3.8, 4) is 11.4 Å². The molecule has 1 aromatic carbocycles. The predicted molar refractivity (Wildman–Crippen MR) is 128 cm³/mol. The molecule has 1 fully saturated rings. The van der Waals surface area contributed by atoms with Crippen molar-refractivity contribution in [3.05, 3.63) is 49.1 Å². The standard InChI is InChI=1S/C24H29N7O3/c1-17(2)34-24(32)29-12-8-19(9-13-29)30-14-15-33-21-22(25-16-26-23(21)30)28-18-4-6-20(7-5-18)31-11-3-10-27-31/h3-7,10-11,16-17,19H,8-9,12-15H2,1-2H3,(H,25,26,28). The summed E-state index contributed by atoms with van der Waals surface area (Å²) in [7, 11) is 0. The molecule has 0 unspecified atom stereocenters. The third-order valence-corrected chi connectivity index (χ3v) is 6.03. The minimum Gasteiger partial charge on any atom is -0.485 e. The molecule has 178 valence electrons. The molecule has 0 radical (unpaired) electrons. The van der Waals surface area contributed by atoms with E-state index < -0.39 is 0 Å². The van der Waals surface area contributed by atoms with E-state index in [2.05, 4.69) is 25.3 Å². The Morgan fingerprint density at radius 3 is 2.65 bits per heavy atom. The molecule has 0 spiro atoms. The van der Waals surface area contributed by atoms with Gasteiger partial charge in [-0.25, -0.2) is 19.4 Å². The van der Waals surface area contributed by atoms with Gasteiger partial charge in [-0.1, -0.05) is 0 Å². The minimum absolute atomic E-state index is 0.110. The van der Waals surface area contributed by atoms with Crippen LogP contribution < -0.4 is 15.0 Å². The average Bonchev–Trinajstić information content (AvgIpc) is 3.39. The lowest BCUT2D eigenvalue weighted by molar-refractivity contribution is 0.0687. The van der Waals surface area contributed by atoms with Crippen LogP contribution in [-0.2, 0) is 4.74 Å². The molecule has 0 aliphatic carbocycles. The topological polar surface area (TPSA) is 97.6 Å². The summed E-state index contributed by atoms with van der Waals surface area (Å²) in [6.45, 7) is 6.39. The van der Waals surface area contributed by atoms with E-state index in [0.717, 1.165) is 36.6 Å². The zero-order chi connectivity index (χ0) is 23.5. The summed E-state index contributed by atoms with van der Waals surface area (Å²) in [6, 6.07) is 10.1. The molecule has 2 aliphatic rings. The van der Waals surface area contributed by atoms with Gasteiger partial charge >= 0.3 is 6.09 Å². The Labute approximate surface area is 198 Å². The van der Waals surface area contributed by atoms with E-state index in [1.54, 1.807) is 17.4 Å². The fourth-order valence-electron chi connectivity index (χ4n) is 4.39. The van der Waals surface area contributed by atoms with Gasteiger partial charge in [0.1, 0.15) is 12.9 Å². The molecular formula is C24H29N7O3. The molecule has 0 atom stereocenters. The van der Waals surface area contributed by atoms with Crippen molar-refractivity contribution in [2.24, 2.45) is 0 Å². The number of carbonyl (C=O) groups is 1. The van der Waals surface area contributed by atoms with E-state index in [9.17, 15) is 4.79 Å². The molecular weight excluding hydrogens is 434 g/mol. The smallest absolute Gasteiger partial charge is 0.410 e. The van der Waals surface area contributed by atoms with Crippen molar-refractivity contribution in [3.63, 3.8) is 0 Å². The summed E-state index contributed by atoms with van der Waals surface area (Å²) in [4.78, 5) is 25.3. The van der Waals surface area contributed by atoms with Crippen molar-refractivity contribution in [1.29, 1.82) is 0 Å². The Balaban J connectivity index is 1.28. The zero-order valence-corrected chi connectivity index (χ0v) is 19.4. The molecule has 10 heteroatoms. The minimum atomic E-state index is -0.233. The Morgan fingerprint density at radius 1 is 1.15 bits per heavy atom. The largest absolute Gasteiger partial charge is 0.485 e. The van der Waals surface area contributed by atoms with Crippen molar-refractivity contribution in [2.75, 3.05) is 36.5 Å². The first-order valence-electron chi connectivity index (χ1n) is 11.7. The van der Waals surface area contributed by atoms with Gasteiger partial charge in [-0.15, -0.1) is 0 Å². The van der Waals surface area contributed by atoms with Gasteiger partial charge in [-0.05, 0) is 57.0 Å². The number of ether oxygens (including phenoxy) is 2. The van der Waals surface area contributed by atoms with Gasteiger partial charge in [0.05, 0.1) is 18.3 Å². The molecule has 1 saturated heterocycles. The molecule has 0 bridgehead atoms. The molecule has 34 heavy (non-hydrogen) atoms. The molecule has 2 aliphatic heterocycles. The Bertz CT molecular complexity index is 1110. The quantitative estimate of drug-likeness (QED) is 0.613. The van der Waals surface area contributed by atoms with Gasteiger partial charge in [-0.2, -0.15) is 5.10 Å². The first-order valence-corrected chi connectivity index (χ1v) is 11.7. The van der Waals surface area contributed by atoms with Crippen LogP contribution in [0.25, 0.3) is 5.69 Å². The summed E-state index contributed by atoms with van der Waals surface area (Å²) in [5.41, 5.74) is 1.88. The van der Waals surface area contributed by atoms with Crippen LogP contribution in [0.2, 0.25) is 0 Å². The van der Waals surface area contributed by atoms with Crippen LogP contribution in [-0.4, -0.2) is 69.1 Å². The van der Waals surface area contributed by atoms with E-state index >= 15 is 0 Å². The monoisotopic (exact) mass is 463 g/mol. The second-order valence-electron chi connectivity index (χ2n) is 8.69. The second kappa shape index (κ2) is 9.58. The number of nitrogens with zero attached hydrogens (tertiary/aromatic N) is 6. The summed E-state index contributed by atoms with van der Waals surface area (Å²) in [5.74, 6) is 2.09. The first kappa shape index (κ1) is 22.0. The molecule has 2 aromatic heterocycles. The maximum Gasteiger partial charge on any atom is 0.410 e. The lowest BCUT2D eigenvalue weighted by Crippen LogP contribution is -2.49. The summed E-state index contributed by atoms with van der Waals surface area (Å²) in [6.07, 6.45) is 6.59. The number of piperidine rings is 1. The van der Waals surface area contributed by atoms with Gasteiger partial charge in [0.2, 0.25) is 5.75 Å². The zero-order valence-electron chi connectivity index (χ0n) is 19.4. The van der Waals surface area contributed by atoms with Gasteiger partial charge in [0.15, 0.2) is 11.6 Å². The van der Waals surface area contributed by atoms with Crippen molar-refractivity contribution in [2.45, 2.75) is 38.8 Å². The predicted octanol–water partition coefficient (Wildman–Crippen LogP) is 3.61. The second-order valence-corrected chi connectivity index (χ2v) is 8.69. The van der Waals surface area contributed by atoms with E-state index in [1.165, 1.54) is 0 Å². The number of likely N-dealkylation sites (tertiary alicyclic amines) is 1. The highest BCUT2D eigenvalue weighted by molar-refractivity contribution is 5.71. The fourth-order valence-corrected chi connectivity index (χ4v) is 4.39. The number of benzene rings is 1. The van der Waals surface area contributed by atoms with E-state index in [4.69, 9.17) is 9.47 Å². The lowest BCUT2D eigenvalue weighted by Gasteiger charge is -2.41. The number of fused-ring (bicyclic) bond motifs is 1. The van der Waals surface area contributed by atoms with Gasteiger partial charge in [-0.3, -0.25) is 0 Å².